The Kier molecular flexibility index (Phi) is 9.85. The Bertz CT molecular complexity index is 161. The molecule has 0 saturated heterocycles. The Hall–Kier alpha value is -0.0800. The Morgan fingerprint density at radius 2 is 1.41 bits per heavy atom. The van der Waals surface area contributed by atoms with Crippen molar-refractivity contribution < 1.29 is 0 Å². The summed E-state index contributed by atoms with van der Waals surface area (Å²) in [6, 6.07) is 0. The van der Waals surface area contributed by atoms with Crippen molar-refractivity contribution in [3.05, 3.63) is 0 Å². The van der Waals surface area contributed by atoms with Crippen LogP contribution in [0.25, 0.3) is 0 Å². The molecule has 0 aromatic heterocycles. The molecule has 2 N–H and O–H groups in total. The van der Waals surface area contributed by atoms with E-state index in [1.807, 2.05) is 7.05 Å². The predicted molar refractivity (Wildman–Crippen MR) is 78.3 cm³/mol. The second kappa shape index (κ2) is 9.90. The normalized spacial score (nSPS) is 13.9. The number of nitrogens with one attached hydrogen (secondary N) is 2. The van der Waals surface area contributed by atoms with Crippen LogP contribution in [0.15, 0.2) is 0 Å². The van der Waals surface area contributed by atoms with Gasteiger partial charge in [-0.3, -0.25) is 5.32 Å². The van der Waals surface area contributed by atoms with Gasteiger partial charge in [0.05, 0.1) is 6.17 Å². The summed E-state index contributed by atoms with van der Waals surface area (Å²) in [6.45, 7) is 8.95. The summed E-state index contributed by atoms with van der Waals surface area (Å²) >= 11 is 0. The molecular formula is C15H34N2. The van der Waals surface area contributed by atoms with Gasteiger partial charge in [0, 0.05) is 5.54 Å². The average Bonchev–Trinajstić information content (AvgIpc) is 2.24. The molecule has 0 fully saturated rings. The minimum absolute atomic E-state index is 0.203. The van der Waals surface area contributed by atoms with Crippen molar-refractivity contribution in [2.75, 3.05) is 7.05 Å². The molecular weight excluding hydrogens is 208 g/mol. The highest BCUT2D eigenvalue weighted by atomic mass is 15.1. The minimum atomic E-state index is 0.203. The zero-order valence-corrected chi connectivity index (χ0v) is 12.7. The maximum Gasteiger partial charge on any atom is 0.0573 e. The van der Waals surface area contributed by atoms with Crippen molar-refractivity contribution >= 4 is 0 Å². The van der Waals surface area contributed by atoms with E-state index in [0.717, 1.165) is 0 Å². The van der Waals surface area contributed by atoms with Gasteiger partial charge >= 0.3 is 0 Å². The van der Waals surface area contributed by atoms with Crippen LogP contribution in [0.5, 0.6) is 0 Å². The highest BCUT2D eigenvalue weighted by molar-refractivity contribution is 4.75. The van der Waals surface area contributed by atoms with E-state index in [0.29, 0.717) is 6.17 Å². The highest BCUT2D eigenvalue weighted by Gasteiger charge is 2.14. The summed E-state index contributed by atoms with van der Waals surface area (Å²) in [5.74, 6) is 0. The topological polar surface area (TPSA) is 24.1 Å². The van der Waals surface area contributed by atoms with E-state index < -0.39 is 0 Å². The fourth-order valence-electron chi connectivity index (χ4n) is 2.12. The second-order valence-corrected chi connectivity index (χ2v) is 6.15. The smallest absolute Gasteiger partial charge is 0.0573 e. The molecule has 0 bridgehead atoms. The van der Waals surface area contributed by atoms with Gasteiger partial charge in [-0.2, -0.15) is 0 Å². The van der Waals surface area contributed by atoms with Crippen molar-refractivity contribution in [2.24, 2.45) is 0 Å². The molecule has 0 aliphatic heterocycles. The summed E-state index contributed by atoms with van der Waals surface area (Å²) in [4.78, 5) is 0. The lowest BCUT2D eigenvalue weighted by Crippen LogP contribution is -2.49. The number of hydrogen-bond acceptors (Lipinski definition) is 2. The van der Waals surface area contributed by atoms with Gasteiger partial charge in [0.1, 0.15) is 0 Å². The molecule has 0 aliphatic carbocycles. The first kappa shape index (κ1) is 16.9. The van der Waals surface area contributed by atoms with Gasteiger partial charge in [0.2, 0.25) is 0 Å². The summed E-state index contributed by atoms with van der Waals surface area (Å²) < 4.78 is 0. The Morgan fingerprint density at radius 1 is 0.882 bits per heavy atom. The van der Waals surface area contributed by atoms with E-state index in [9.17, 15) is 0 Å². The Morgan fingerprint density at radius 3 is 1.88 bits per heavy atom. The van der Waals surface area contributed by atoms with Crippen molar-refractivity contribution in [2.45, 2.75) is 90.8 Å². The van der Waals surface area contributed by atoms with Crippen molar-refractivity contribution in [1.82, 2.24) is 10.6 Å². The van der Waals surface area contributed by atoms with Crippen LogP contribution >= 0.6 is 0 Å². The number of hydrogen-bond donors (Lipinski definition) is 2. The van der Waals surface area contributed by atoms with Gasteiger partial charge in [-0.1, -0.05) is 51.9 Å². The molecule has 0 spiro atoms. The molecule has 2 nitrogen and oxygen atoms in total. The molecule has 104 valence electrons. The summed E-state index contributed by atoms with van der Waals surface area (Å²) in [5.41, 5.74) is 0.203. The third-order valence-electron chi connectivity index (χ3n) is 3.05. The van der Waals surface area contributed by atoms with Gasteiger partial charge in [-0.15, -0.1) is 0 Å². The lowest BCUT2D eigenvalue weighted by molar-refractivity contribution is 0.310. The maximum absolute atomic E-state index is 3.61. The standard InChI is InChI=1S/C15H34N2/c1-6-7-8-9-10-11-12-13-14(16-5)17-15(2,3)4/h14,16-17H,6-13H2,1-5H3. The van der Waals surface area contributed by atoms with Crippen LogP contribution in [0.1, 0.15) is 79.1 Å². The second-order valence-electron chi connectivity index (χ2n) is 6.15. The molecule has 0 aromatic carbocycles. The van der Waals surface area contributed by atoms with Gasteiger partial charge in [0.15, 0.2) is 0 Å². The molecule has 1 atom stereocenters. The van der Waals surface area contributed by atoms with E-state index in [-0.39, 0.29) is 5.54 Å². The van der Waals surface area contributed by atoms with Gasteiger partial charge < -0.3 is 5.32 Å². The quantitative estimate of drug-likeness (QED) is 0.446. The van der Waals surface area contributed by atoms with E-state index in [4.69, 9.17) is 0 Å². The molecule has 17 heavy (non-hydrogen) atoms. The van der Waals surface area contributed by atoms with Crippen molar-refractivity contribution in [1.29, 1.82) is 0 Å². The largest absolute Gasteiger partial charge is 0.305 e. The van der Waals surface area contributed by atoms with E-state index in [2.05, 4.69) is 38.3 Å². The molecule has 0 aromatic rings. The molecule has 1 unspecified atom stereocenters. The molecule has 0 saturated carbocycles. The Balaban J connectivity index is 3.44. The minimum Gasteiger partial charge on any atom is -0.305 e. The molecule has 0 heterocycles. The van der Waals surface area contributed by atoms with Crippen LogP contribution < -0.4 is 10.6 Å². The predicted octanol–water partition coefficient (Wildman–Crippen LogP) is 4.06. The lowest BCUT2D eigenvalue weighted by atomic mass is 10.1. The molecule has 0 amide bonds. The summed E-state index contributed by atoms with van der Waals surface area (Å²) in [7, 11) is 2.05. The van der Waals surface area contributed by atoms with Crippen molar-refractivity contribution in [3.63, 3.8) is 0 Å². The fourth-order valence-corrected chi connectivity index (χ4v) is 2.12. The molecule has 2 heteroatoms. The zero-order chi connectivity index (χ0) is 13.1. The first-order chi connectivity index (χ1) is 7.99. The lowest BCUT2D eigenvalue weighted by Gasteiger charge is -2.28. The van der Waals surface area contributed by atoms with Crippen LogP contribution in [0.3, 0.4) is 0 Å². The first-order valence-electron chi connectivity index (χ1n) is 7.44. The van der Waals surface area contributed by atoms with Crippen molar-refractivity contribution in [3.8, 4) is 0 Å². The van der Waals surface area contributed by atoms with Gasteiger partial charge in [-0.05, 0) is 34.2 Å². The van der Waals surface area contributed by atoms with Crippen LogP contribution in [0.4, 0.5) is 0 Å². The summed E-state index contributed by atoms with van der Waals surface area (Å²) in [5, 5.41) is 6.96. The van der Waals surface area contributed by atoms with E-state index >= 15 is 0 Å². The van der Waals surface area contributed by atoms with Crippen LogP contribution in [-0.4, -0.2) is 18.8 Å². The Labute approximate surface area is 109 Å². The number of unbranched alkanes of at least 4 members (excludes halogenated alkanes) is 6. The fraction of sp³-hybridized carbons (Fsp3) is 1.00. The number of rotatable bonds is 10. The average molecular weight is 242 g/mol. The molecule has 0 aliphatic rings. The van der Waals surface area contributed by atoms with E-state index in [1.165, 1.54) is 51.4 Å². The van der Waals surface area contributed by atoms with Gasteiger partial charge in [0.25, 0.3) is 0 Å². The third kappa shape index (κ3) is 12.2. The maximum atomic E-state index is 3.61. The van der Waals surface area contributed by atoms with Crippen LogP contribution in [0, 0.1) is 0 Å². The summed E-state index contributed by atoms with van der Waals surface area (Å²) in [6.07, 6.45) is 11.4. The van der Waals surface area contributed by atoms with Crippen LogP contribution in [-0.2, 0) is 0 Å². The molecule has 0 rings (SSSR count). The van der Waals surface area contributed by atoms with E-state index in [1.54, 1.807) is 0 Å². The highest BCUT2D eigenvalue weighted by Crippen LogP contribution is 2.10. The zero-order valence-electron chi connectivity index (χ0n) is 12.7. The van der Waals surface area contributed by atoms with Crippen LogP contribution in [0.2, 0.25) is 0 Å². The third-order valence-corrected chi connectivity index (χ3v) is 3.05. The monoisotopic (exact) mass is 242 g/mol. The first-order valence-corrected chi connectivity index (χ1v) is 7.44. The van der Waals surface area contributed by atoms with Gasteiger partial charge in [-0.25, -0.2) is 0 Å². The SMILES string of the molecule is CCCCCCCCCC(NC)NC(C)(C)C. The molecule has 0 radical (unpaired) electrons.